The number of nitrogens with zero attached hydrogens (tertiary/aromatic N) is 1. The van der Waals surface area contributed by atoms with Gasteiger partial charge in [0, 0.05) is 6.54 Å². The highest BCUT2D eigenvalue weighted by molar-refractivity contribution is 5.94. The largest absolute Gasteiger partial charge is 0.465 e. The van der Waals surface area contributed by atoms with Gasteiger partial charge in [0.15, 0.2) is 5.92 Å². The zero-order valence-corrected chi connectivity index (χ0v) is 14.2. The number of rotatable bonds is 11. The summed E-state index contributed by atoms with van der Waals surface area (Å²) in [5, 5.41) is 0. The molecule has 0 spiro atoms. The zero-order chi connectivity index (χ0) is 16.3. The predicted octanol–water partition coefficient (Wildman–Crippen LogP) is 2.49. The lowest BCUT2D eigenvalue weighted by Gasteiger charge is -2.23. The van der Waals surface area contributed by atoms with E-state index in [0.717, 1.165) is 26.1 Å². The van der Waals surface area contributed by atoms with Gasteiger partial charge in [0.25, 0.3) is 0 Å². The Kier molecular flexibility index (Phi) is 10.9. The van der Waals surface area contributed by atoms with Crippen LogP contribution in [0.4, 0.5) is 0 Å². The highest BCUT2D eigenvalue weighted by Crippen LogP contribution is 2.17. The van der Waals surface area contributed by atoms with Gasteiger partial charge in [0.05, 0.1) is 13.2 Å². The molecule has 0 amide bonds. The molecule has 0 aromatic heterocycles. The summed E-state index contributed by atoms with van der Waals surface area (Å²) in [5.41, 5.74) is 0. The Morgan fingerprint density at radius 1 is 0.905 bits per heavy atom. The van der Waals surface area contributed by atoms with Crippen molar-refractivity contribution in [2.45, 2.75) is 47.5 Å². The molecule has 1 atom stereocenters. The first-order valence-corrected chi connectivity index (χ1v) is 8.05. The van der Waals surface area contributed by atoms with Gasteiger partial charge in [-0.05, 0) is 45.7 Å². The Labute approximate surface area is 129 Å². The average Bonchev–Trinajstić information content (AvgIpc) is 2.45. The van der Waals surface area contributed by atoms with Gasteiger partial charge < -0.3 is 14.4 Å². The first kappa shape index (κ1) is 19.9. The van der Waals surface area contributed by atoms with E-state index in [9.17, 15) is 9.59 Å². The molecule has 0 aliphatic carbocycles. The van der Waals surface area contributed by atoms with Crippen LogP contribution in [0, 0.1) is 11.8 Å². The normalized spacial score (nSPS) is 12.5. The van der Waals surface area contributed by atoms with Crippen LogP contribution in [0.5, 0.6) is 0 Å². The smallest absolute Gasteiger partial charge is 0.320 e. The summed E-state index contributed by atoms with van der Waals surface area (Å²) in [7, 11) is 0. The van der Waals surface area contributed by atoms with Crippen molar-refractivity contribution in [2.75, 3.05) is 32.8 Å². The summed E-state index contributed by atoms with van der Waals surface area (Å²) in [4.78, 5) is 26.1. The van der Waals surface area contributed by atoms with Crippen molar-refractivity contribution in [1.29, 1.82) is 0 Å². The zero-order valence-electron chi connectivity index (χ0n) is 14.2. The van der Waals surface area contributed by atoms with E-state index >= 15 is 0 Å². The molecule has 0 heterocycles. The Balaban J connectivity index is 4.46. The van der Waals surface area contributed by atoms with E-state index in [1.165, 1.54) is 0 Å². The highest BCUT2D eigenvalue weighted by Gasteiger charge is 2.29. The van der Waals surface area contributed by atoms with Gasteiger partial charge in [0.1, 0.15) is 0 Å². The molecular weight excluding hydrogens is 270 g/mol. The lowest BCUT2D eigenvalue weighted by Crippen LogP contribution is -2.31. The maximum absolute atomic E-state index is 11.9. The lowest BCUT2D eigenvalue weighted by atomic mass is 9.96. The van der Waals surface area contributed by atoms with Gasteiger partial charge in [-0.15, -0.1) is 0 Å². The standard InChI is InChI=1S/C16H31NO4/c1-6-17(7-2)12-13(5)10-11-14(15(18)20-8-3)16(19)21-9-4/h13-14H,6-12H2,1-5H3. The summed E-state index contributed by atoms with van der Waals surface area (Å²) in [6.45, 7) is 13.5. The van der Waals surface area contributed by atoms with Crippen LogP contribution in [0.3, 0.4) is 0 Å². The topological polar surface area (TPSA) is 55.8 Å². The molecule has 0 saturated heterocycles. The molecule has 0 aliphatic rings. The molecule has 0 saturated carbocycles. The molecular formula is C16H31NO4. The minimum atomic E-state index is -0.788. The Hall–Kier alpha value is -1.10. The fourth-order valence-corrected chi connectivity index (χ4v) is 2.28. The first-order chi connectivity index (χ1) is 9.99. The molecule has 0 aliphatic heterocycles. The van der Waals surface area contributed by atoms with E-state index in [0.29, 0.717) is 12.3 Å². The highest BCUT2D eigenvalue weighted by atomic mass is 16.6. The van der Waals surface area contributed by atoms with Gasteiger partial charge >= 0.3 is 11.9 Å². The van der Waals surface area contributed by atoms with Crippen LogP contribution in [0.1, 0.15) is 47.5 Å². The van der Waals surface area contributed by atoms with Crippen LogP contribution in [-0.4, -0.2) is 49.7 Å². The molecule has 1 unspecified atom stereocenters. The lowest BCUT2D eigenvalue weighted by molar-refractivity contribution is -0.162. The molecule has 5 heteroatoms. The summed E-state index contributed by atoms with van der Waals surface area (Å²) >= 11 is 0. The minimum Gasteiger partial charge on any atom is -0.465 e. The van der Waals surface area contributed by atoms with Gasteiger partial charge in [-0.3, -0.25) is 9.59 Å². The number of hydrogen-bond donors (Lipinski definition) is 0. The van der Waals surface area contributed by atoms with Crippen molar-refractivity contribution in [3.8, 4) is 0 Å². The van der Waals surface area contributed by atoms with Crippen LogP contribution < -0.4 is 0 Å². The summed E-state index contributed by atoms with van der Waals surface area (Å²) in [6.07, 6.45) is 1.29. The fourth-order valence-electron chi connectivity index (χ4n) is 2.28. The van der Waals surface area contributed by atoms with Crippen molar-refractivity contribution in [1.82, 2.24) is 4.90 Å². The summed E-state index contributed by atoms with van der Waals surface area (Å²) in [6, 6.07) is 0. The second kappa shape index (κ2) is 11.5. The van der Waals surface area contributed by atoms with Crippen LogP contribution >= 0.6 is 0 Å². The molecule has 0 bridgehead atoms. The van der Waals surface area contributed by atoms with Gasteiger partial charge in [-0.2, -0.15) is 0 Å². The number of hydrogen-bond acceptors (Lipinski definition) is 5. The monoisotopic (exact) mass is 301 g/mol. The molecule has 0 aromatic rings. The second-order valence-corrected chi connectivity index (χ2v) is 5.23. The van der Waals surface area contributed by atoms with Crippen LogP contribution in [-0.2, 0) is 19.1 Å². The molecule has 0 fully saturated rings. The number of carbonyl (C=O) groups is 2. The SMILES string of the molecule is CCOC(=O)C(CCC(C)CN(CC)CC)C(=O)OCC. The quantitative estimate of drug-likeness (QED) is 0.433. The van der Waals surface area contributed by atoms with Crippen molar-refractivity contribution in [3.05, 3.63) is 0 Å². The molecule has 0 aromatic carbocycles. The van der Waals surface area contributed by atoms with Crippen LogP contribution in [0.25, 0.3) is 0 Å². The van der Waals surface area contributed by atoms with Crippen molar-refractivity contribution < 1.29 is 19.1 Å². The van der Waals surface area contributed by atoms with E-state index in [2.05, 4.69) is 25.7 Å². The number of esters is 2. The fraction of sp³-hybridized carbons (Fsp3) is 0.875. The summed E-state index contributed by atoms with van der Waals surface area (Å²) in [5.74, 6) is -1.29. The second-order valence-electron chi connectivity index (χ2n) is 5.23. The molecule has 0 N–H and O–H groups in total. The molecule has 21 heavy (non-hydrogen) atoms. The van der Waals surface area contributed by atoms with Gasteiger partial charge in [0.2, 0.25) is 0 Å². The van der Waals surface area contributed by atoms with E-state index in [-0.39, 0.29) is 13.2 Å². The Morgan fingerprint density at radius 2 is 1.38 bits per heavy atom. The minimum absolute atomic E-state index is 0.281. The van der Waals surface area contributed by atoms with Gasteiger partial charge in [-0.1, -0.05) is 20.8 Å². The number of ether oxygens (including phenoxy) is 2. The van der Waals surface area contributed by atoms with Crippen molar-refractivity contribution in [3.63, 3.8) is 0 Å². The molecule has 0 rings (SSSR count). The number of carbonyl (C=O) groups excluding carboxylic acids is 2. The predicted molar refractivity (Wildman–Crippen MR) is 82.9 cm³/mol. The molecule has 5 nitrogen and oxygen atoms in total. The molecule has 0 radical (unpaired) electrons. The summed E-state index contributed by atoms with van der Waals surface area (Å²) < 4.78 is 9.95. The van der Waals surface area contributed by atoms with Gasteiger partial charge in [-0.25, -0.2) is 0 Å². The van der Waals surface area contributed by atoms with E-state index < -0.39 is 17.9 Å². The van der Waals surface area contributed by atoms with Crippen molar-refractivity contribution >= 4 is 11.9 Å². The van der Waals surface area contributed by atoms with Crippen molar-refractivity contribution in [2.24, 2.45) is 11.8 Å². The maximum Gasteiger partial charge on any atom is 0.320 e. The maximum atomic E-state index is 11.9. The Morgan fingerprint density at radius 3 is 1.76 bits per heavy atom. The first-order valence-electron chi connectivity index (χ1n) is 8.05. The third-order valence-electron chi connectivity index (χ3n) is 3.55. The van der Waals surface area contributed by atoms with E-state index in [4.69, 9.17) is 9.47 Å². The average molecular weight is 301 g/mol. The third-order valence-corrected chi connectivity index (χ3v) is 3.55. The molecule has 124 valence electrons. The Bertz CT molecular complexity index is 285. The van der Waals surface area contributed by atoms with E-state index in [1.807, 2.05) is 0 Å². The third kappa shape index (κ3) is 8.05. The van der Waals surface area contributed by atoms with Crippen LogP contribution in [0.2, 0.25) is 0 Å². The van der Waals surface area contributed by atoms with Crippen LogP contribution in [0.15, 0.2) is 0 Å². The van der Waals surface area contributed by atoms with E-state index in [1.54, 1.807) is 13.8 Å².